The van der Waals surface area contributed by atoms with Crippen molar-refractivity contribution in [2.45, 2.75) is 77.8 Å². The predicted octanol–water partition coefficient (Wildman–Crippen LogP) is 2.78. The van der Waals surface area contributed by atoms with Crippen molar-refractivity contribution in [1.29, 1.82) is 0 Å². The molecule has 11 heteroatoms. The van der Waals surface area contributed by atoms with Crippen LogP contribution in [0, 0.1) is 5.41 Å². The van der Waals surface area contributed by atoms with E-state index in [2.05, 4.69) is 36.0 Å². The molecule has 0 radical (unpaired) electrons. The third-order valence-corrected chi connectivity index (χ3v) is 6.52. The molecule has 0 aliphatic carbocycles. The molecule has 0 bridgehead atoms. The third kappa shape index (κ3) is 9.78. The molecule has 4 atom stereocenters. The Labute approximate surface area is 177 Å². The van der Waals surface area contributed by atoms with Gasteiger partial charge in [0, 0.05) is 0 Å². The van der Waals surface area contributed by atoms with Crippen LogP contribution in [0.2, 0.25) is 0 Å². The standard InChI is InChI=1S/C17H34N3O5PS2/c1-8-16(6,12(22)18-9-11(2)21)10-17(7,27)13(23)28(26)20-19-14(24)25-15(3,4)5/h11,20-21,27-28H,8-10H2,1-7H3,(H,18,22)(H,19,24). The third-order valence-electron chi connectivity index (χ3n) is 3.94. The van der Waals surface area contributed by atoms with E-state index >= 15 is 0 Å². The summed E-state index contributed by atoms with van der Waals surface area (Å²) in [6, 6.07) is 0. The zero-order valence-electron chi connectivity index (χ0n) is 17.6. The van der Waals surface area contributed by atoms with Gasteiger partial charge in [-0.3, -0.25) is 0 Å². The molecule has 4 unspecified atom stereocenters. The van der Waals surface area contributed by atoms with E-state index in [4.69, 9.17) is 4.74 Å². The van der Waals surface area contributed by atoms with Crippen LogP contribution in [0.1, 0.15) is 61.3 Å². The van der Waals surface area contributed by atoms with Crippen molar-refractivity contribution in [3.8, 4) is 0 Å². The molecule has 0 fully saturated rings. The zero-order valence-corrected chi connectivity index (χ0v) is 20.3. The van der Waals surface area contributed by atoms with Crippen LogP contribution < -0.4 is 15.6 Å². The fraction of sp³-hybridized carbons (Fsp3) is 0.824. The topological polar surface area (TPSA) is 117 Å². The van der Waals surface area contributed by atoms with Gasteiger partial charge >= 0.3 is 177 Å². The monoisotopic (exact) mass is 455 g/mol. The van der Waals surface area contributed by atoms with E-state index in [1.54, 1.807) is 41.5 Å². The number of amides is 2. The summed E-state index contributed by atoms with van der Waals surface area (Å²) in [6.45, 7) is 12.1. The first-order valence-corrected chi connectivity index (χ1v) is 11.9. The van der Waals surface area contributed by atoms with E-state index in [1.165, 1.54) is 0 Å². The van der Waals surface area contributed by atoms with Crippen molar-refractivity contribution in [3.63, 3.8) is 0 Å². The second-order valence-corrected chi connectivity index (χ2v) is 11.7. The predicted molar refractivity (Wildman–Crippen MR) is 119 cm³/mol. The first kappa shape index (κ1) is 27.5. The normalized spacial score (nSPS) is 18.1. The molecule has 2 amide bonds. The molecule has 0 saturated carbocycles. The molecule has 164 valence electrons. The van der Waals surface area contributed by atoms with Gasteiger partial charge in [-0.15, -0.1) is 0 Å². The SMILES string of the molecule is CCC(C)(CC(C)(S)C(=O)[SH](#P)NNC(=O)OC(C)(C)C)C(=O)NCC(C)O. The van der Waals surface area contributed by atoms with E-state index in [0.717, 1.165) is 0 Å². The summed E-state index contributed by atoms with van der Waals surface area (Å²) < 4.78 is 3.93. The molecule has 0 spiro atoms. The Morgan fingerprint density at radius 1 is 1.21 bits per heavy atom. The van der Waals surface area contributed by atoms with Crippen LogP contribution in [0.3, 0.4) is 0 Å². The molecule has 28 heavy (non-hydrogen) atoms. The van der Waals surface area contributed by atoms with Crippen LogP contribution in [-0.2, 0) is 14.3 Å². The van der Waals surface area contributed by atoms with Crippen LogP contribution in [0.25, 0.3) is 0 Å². The molecule has 0 heterocycles. The van der Waals surface area contributed by atoms with Crippen LogP contribution in [-0.4, -0.2) is 45.2 Å². The van der Waals surface area contributed by atoms with Crippen molar-refractivity contribution in [2.75, 3.05) is 6.54 Å². The van der Waals surface area contributed by atoms with Crippen LogP contribution >= 0.6 is 30.5 Å². The van der Waals surface area contributed by atoms with Gasteiger partial charge in [0.25, 0.3) is 0 Å². The summed E-state index contributed by atoms with van der Waals surface area (Å²) in [5.74, 6) is -0.257. The summed E-state index contributed by atoms with van der Waals surface area (Å²) in [5, 5.41) is 11.7. The Morgan fingerprint density at radius 2 is 1.75 bits per heavy atom. The summed E-state index contributed by atoms with van der Waals surface area (Å²) in [5.41, 5.74) is 0.775. The maximum absolute atomic E-state index is 12.8. The van der Waals surface area contributed by atoms with Crippen molar-refractivity contribution >= 4 is 47.6 Å². The Hall–Kier alpha value is -0.540. The molecule has 0 aromatic rings. The fourth-order valence-corrected chi connectivity index (χ4v) is 4.87. The Kier molecular flexibility index (Phi) is 10.8. The van der Waals surface area contributed by atoms with E-state index in [0.29, 0.717) is 6.42 Å². The first-order chi connectivity index (χ1) is 12.5. The van der Waals surface area contributed by atoms with Gasteiger partial charge in [-0.2, -0.15) is 0 Å². The van der Waals surface area contributed by atoms with Gasteiger partial charge in [0.05, 0.1) is 0 Å². The van der Waals surface area contributed by atoms with Gasteiger partial charge in [-0.1, -0.05) is 0 Å². The number of hydrazine groups is 1. The number of hydrogen-bond acceptors (Lipinski definition) is 7. The van der Waals surface area contributed by atoms with Gasteiger partial charge in [0.15, 0.2) is 0 Å². The van der Waals surface area contributed by atoms with E-state index in [9.17, 15) is 19.5 Å². The first-order valence-electron chi connectivity index (χ1n) is 9.01. The number of aliphatic hydroxyl groups excluding tert-OH is 1. The van der Waals surface area contributed by atoms with Gasteiger partial charge in [0.1, 0.15) is 0 Å². The van der Waals surface area contributed by atoms with Crippen LogP contribution in [0.15, 0.2) is 0 Å². The quantitative estimate of drug-likeness (QED) is 0.190. The average molecular weight is 456 g/mol. The number of rotatable bonds is 8. The van der Waals surface area contributed by atoms with Crippen molar-refractivity contribution in [1.82, 2.24) is 15.6 Å². The Balaban J connectivity index is 5.01. The Bertz CT molecular complexity index is 655. The summed E-state index contributed by atoms with van der Waals surface area (Å²) in [4.78, 5) is 39.6. The van der Waals surface area contributed by atoms with Crippen LogP contribution in [0.4, 0.5) is 4.79 Å². The van der Waals surface area contributed by atoms with Crippen molar-refractivity contribution in [2.24, 2.45) is 5.41 Å². The summed E-state index contributed by atoms with van der Waals surface area (Å²) >= 11 is 4.49. The van der Waals surface area contributed by atoms with Gasteiger partial charge in [-0.25, -0.2) is 0 Å². The fourth-order valence-electron chi connectivity index (χ4n) is 2.34. The van der Waals surface area contributed by atoms with Crippen molar-refractivity contribution in [3.05, 3.63) is 0 Å². The zero-order chi connectivity index (χ0) is 22.3. The number of ether oxygens (including phenoxy) is 1. The Morgan fingerprint density at radius 3 is 2.18 bits per heavy atom. The minimum absolute atomic E-state index is 0.131. The van der Waals surface area contributed by atoms with E-state index in [1.807, 2.05) is 6.92 Å². The molecule has 0 rings (SSSR count). The number of nitrogens with one attached hydrogen (secondary N) is 3. The molecule has 0 saturated heterocycles. The van der Waals surface area contributed by atoms with E-state index in [-0.39, 0.29) is 24.0 Å². The molecule has 8 nitrogen and oxygen atoms in total. The molecular weight excluding hydrogens is 421 g/mol. The number of carbonyl (C=O) groups excluding carboxylic acids is 3. The van der Waals surface area contributed by atoms with Crippen molar-refractivity contribution < 1.29 is 24.2 Å². The summed E-state index contributed by atoms with van der Waals surface area (Å²) in [7, 11) is 2.50. The van der Waals surface area contributed by atoms with Crippen LogP contribution in [0.5, 0.6) is 0 Å². The molecule has 4 N–H and O–H groups in total. The number of carbonyl (C=O) groups is 3. The molecular formula is C17H34N3O5PS2. The van der Waals surface area contributed by atoms with Gasteiger partial charge in [0.2, 0.25) is 0 Å². The van der Waals surface area contributed by atoms with E-state index < -0.39 is 38.0 Å². The minimum atomic E-state index is -1.75. The number of hydrogen-bond donors (Lipinski definition) is 6. The molecule has 0 aromatic carbocycles. The maximum atomic E-state index is 12.8. The molecule has 0 aliphatic rings. The number of aliphatic hydroxyl groups is 1. The number of thiol groups is 2. The van der Waals surface area contributed by atoms with Gasteiger partial charge < -0.3 is 0 Å². The average Bonchev–Trinajstić information content (AvgIpc) is 2.54. The molecule has 0 aliphatic heterocycles. The second-order valence-electron chi connectivity index (χ2n) is 8.28. The molecule has 0 aromatic heterocycles. The van der Waals surface area contributed by atoms with Gasteiger partial charge in [-0.05, 0) is 0 Å². The summed E-state index contributed by atoms with van der Waals surface area (Å²) in [6.07, 6.45) is -0.741. The second kappa shape index (κ2) is 11.0.